The molecule has 0 radical (unpaired) electrons. The Balaban J connectivity index is 1.88. The number of rotatable bonds is 8. The van der Waals surface area contributed by atoms with Gasteiger partial charge in [0.15, 0.2) is 5.96 Å². The average molecular weight is 400 g/mol. The van der Waals surface area contributed by atoms with Gasteiger partial charge in [0, 0.05) is 39.3 Å². The third kappa shape index (κ3) is 7.31. The summed E-state index contributed by atoms with van der Waals surface area (Å²) in [5.41, 5.74) is 2.47. The molecular weight excluding hydrogens is 367 g/mol. The zero-order chi connectivity index (χ0) is 20.6. The molecule has 0 aromatic heterocycles. The van der Waals surface area contributed by atoms with Crippen molar-refractivity contribution in [2.45, 2.75) is 45.6 Å². The highest BCUT2D eigenvalue weighted by Gasteiger charge is 2.34. The average Bonchev–Trinajstić information content (AvgIpc) is 3.08. The predicted octanol–water partition coefficient (Wildman–Crippen LogP) is 2.83. The number of nitrogens with one attached hydrogen (secondary N) is 2. The van der Waals surface area contributed by atoms with Crippen molar-refractivity contribution < 1.29 is 13.2 Å². The summed E-state index contributed by atoms with van der Waals surface area (Å²) < 4.78 is 37.6. The van der Waals surface area contributed by atoms with Gasteiger partial charge in [-0.25, -0.2) is 0 Å². The van der Waals surface area contributed by atoms with Crippen molar-refractivity contribution in [1.82, 2.24) is 20.4 Å². The minimum Gasteiger partial charge on any atom is -0.352 e. The maximum Gasteiger partial charge on any atom is 0.401 e. The summed E-state index contributed by atoms with van der Waals surface area (Å²) >= 11 is 0. The van der Waals surface area contributed by atoms with Gasteiger partial charge in [0.25, 0.3) is 0 Å². The molecule has 28 heavy (non-hydrogen) atoms. The van der Waals surface area contributed by atoms with Crippen LogP contribution in [-0.4, -0.2) is 67.7 Å². The molecule has 1 aromatic carbocycles. The number of likely N-dealkylation sites (tertiary alicyclic amines) is 1. The van der Waals surface area contributed by atoms with Crippen molar-refractivity contribution in [3.63, 3.8) is 0 Å². The van der Waals surface area contributed by atoms with E-state index in [9.17, 15) is 13.2 Å². The number of benzene rings is 1. The first-order valence-corrected chi connectivity index (χ1v) is 9.90. The molecule has 2 rings (SSSR count). The third-order valence-corrected chi connectivity index (χ3v) is 5.09. The molecule has 0 amide bonds. The van der Waals surface area contributed by atoms with Gasteiger partial charge in [0.2, 0.25) is 0 Å². The number of nitrogens with zero attached hydrogens (tertiary/aromatic N) is 3. The van der Waals surface area contributed by atoms with Gasteiger partial charge in [-0.05, 0) is 30.6 Å². The van der Waals surface area contributed by atoms with Gasteiger partial charge < -0.3 is 10.6 Å². The maximum absolute atomic E-state index is 12.5. The summed E-state index contributed by atoms with van der Waals surface area (Å²) in [4.78, 5) is 8.03. The van der Waals surface area contributed by atoms with Gasteiger partial charge in [-0.3, -0.25) is 14.8 Å². The first kappa shape index (κ1) is 22.5. The molecule has 1 unspecified atom stereocenters. The highest BCUT2D eigenvalue weighted by Crippen LogP contribution is 2.20. The van der Waals surface area contributed by atoms with Gasteiger partial charge >= 0.3 is 6.18 Å². The molecule has 5 nitrogen and oxygen atoms in total. The van der Waals surface area contributed by atoms with Crippen LogP contribution < -0.4 is 10.6 Å². The molecule has 0 aliphatic carbocycles. The predicted molar refractivity (Wildman–Crippen MR) is 107 cm³/mol. The van der Waals surface area contributed by atoms with Crippen molar-refractivity contribution in [2.75, 3.05) is 39.8 Å². The van der Waals surface area contributed by atoms with E-state index in [1.165, 1.54) is 16.0 Å². The lowest BCUT2D eigenvalue weighted by molar-refractivity contribution is -0.143. The van der Waals surface area contributed by atoms with Crippen molar-refractivity contribution in [3.8, 4) is 0 Å². The fourth-order valence-electron chi connectivity index (χ4n) is 3.49. The summed E-state index contributed by atoms with van der Waals surface area (Å²) in [5, 5.41) is 6.56. The SMILES string of the molecule is CCN(CC)Cc1ccccc1CNC(=NC)NC1CCN(CC(F)(F)F)C1. The monoisotopic (exact) mass is 399 g/mol. The summed E-state index contributed by atoms with van der Waals surface area (Å²) in [6, 6.07) is 8.27. The molecule has 1 aromatic rings. The molecule has 1 fully saturated rings. The van der Waals surface area contributed by atoms with Crippen LogP contribution in [0.4, 0.5) is 13.2 Å². The Morgan fingerprint density at radius 1 is 1.21 bits per heavy atom. The van der Waals surface area contributed by atoms with Gasteiger partial charge in [-0.1, -0.05) is 38.1 Å². The van der Waals surface area contributed by atoms with Gasteiger partial charge in [0.05, 0.1) is 6.54 Å². The van der Waals surface area contributed by atoms with Crippen LogP contribution >= 0.6 is 0 Å². The highest BCUT2D eigenvalue weighted by atomic mass is 19.4. The van der Waals surface area contributed by atoms with Crippen molar-refractivity contribution in [1.29, 1.82) is 0 Å². The Morgan fingerprint density at radius 2 is 1.89 bits per heavy atom. The molecule has 1 aliphatic rings. The highest BCUT2D eigenvalue weighted by molar-refractivity contribution is 5.80. The van der Waals surface area contributed by atoms with Crippen molar-refractivity contribution >= 4 is 5.96 Å². The molecule has 1 aliphatic heterocycles. The van der Waals surface area contributed by atoms with Crippen LogP contribution in [0.1, 0.15) is 31.4 Å². The largest absolute Gasteiger partial charge is 0.401 e. The van der Waals surface area contributed by atoms with Gasteiger partial charge in [-0.15, -0.1) is 0 Å². The van der Waals surface area contributed by atoms with E-state index in [2.05, 4.69) is 46.5 Å². The van der Waals surface area contributed by atoms with Crippen LogP contribution in [0.5, 0.6) is 0 Å². The van der Waals surface area contributed by atoms with E-state index >= 15 is 0 Å². The smallest absolute Gasteiger partial charge is 0.352 e. The molecule has 0 bridgehead atoms. The van der Waals surface area contributed by atoms with Crippen molar-refractivity contribution in [2.24, 2.45) is 4.99 Å². The minimum atomic E-state index is -4.15. The first-order chi connectivity index (χ1) is 13.3. The zero-order valence-corrected chi connectivity index (χ0v) is 17.0. The lowest BCUT2D eigenvalue weighted by Crippen LogP contribution is -2.45. The van der Waals surface area contributed by atoms with Crippen LogP contribution in [0.25, 0.3) is 0 Å². The maximum atomic E-state index is 12.5. The molecule has 1 heterocycles. The van der Waals surface area contributed by atoms with E-state index in [0.717, 1.165) is 19.6 Å². The van der Waals surface area contributed by atoms with Crippen LogP contribution in [0, 0.1) is 0 Å². The van der Waals surface area contributed by atoms with Crippen LogP contribution in [0.15, 0.2) is 29.3 Å². The molecule has 2 N–H and O–H groups in total. The van der Waals surface area contributed by atoms with E-state index in [-0.39, 0.29) is 6.04 Å². The quantitative estimate of drug-likeness (QED) is 0.521. The number of hydrogen-bond acceptors (Lipinski definition) is 3. The number of alkyl halides is 3. The lowest BCUT2D eigenvalue weighted by Gasteiger charge is -2.22. The third-order valence-electron chi connectivity index (χ3n) is 5.09. The molecule has 158 valence electrons. The molecule has 1 saturated heterocycles. The number of guanidine groups is 1. The summed E-state index contributed by atoms with van der Waals surface area (Å²) in [5.74, 6) is 0.622. The second kappa shape index (κ2) is 10.7. The minimum absolute atomic E-state index is 0.0283. The molecule has 0 spiro atoms. The summed E-state index contributed by atoms with van der Waals surface area (Å²) in [6.45, 7) is 7.78. The summed E-state index contributed by atoms with van der Waals surface area (Å²) in [6.07, 6.45) is -3.47. The fourth-order valence-corrected chi connectivity index (χ4v) is 3.49. The molecular formula is C20H32F3N5. The van der Waals surface area contributed by atoms with E-state index in [4.69, 9.17) is 0 Å². The molecule has 0 saturated carbocycles. The fraction of sp³-hybridized carbons (Fsp3) is 0.650. The van der Waals surface area contributed by atoms with Crippen molar-refractivity contribution in [3.05, 3.63) is 35.4 Å². The Morgan fingerprint density at radius 3 is 2.50 bits per heavy atom. The topological polar surface area (TPSA) is 42.9 Å². The summed E-state index contributed by atoms with van der Waals surface area (Å²) in [7, 11) is 1.68. The Hall–Kier alpha value is -1.80. The van der Waals surface area contributed by atoms with Crippen LogP contribution in [0.3, 0.4) is 0 Å². The van der Waals surface area contributed by atoms with Gasteiger partial charge in [0.1, 0.15) is 0 Å². The number of halogens is 3. The normalized spacial score (nSPS) is 18.7. The van der Waals surface area contributed by atoms with E-state index in [0.29, 0.717) is 32.0 Å². The Kier molecular flexibility index (Phi) is 8.57. The number of aliphatic imine (C=N–C) groups is 1. The van der Waals surface area contributed by atoms with Crippen LogP contribution in [0.2, 0.25) is 0 Å². The van der Waals surface area contributed by atoms with E-state index < -0.39 is 12.7 Å². The first-order valence-electron chi connectivity index (χ1n) is 9.90. The Bertz CT molecular complexity index is 629. The lowest BCUT2D eigenvalue weighted by atomic mass is 10.1. The standard InChI is InChI=1S/C20H32F3N5/c1-4-27(5-2)13-17-9-7-6-8-16(17)12-25-19(24-3)26-18-10-11-28(14-18)15-20(21,22)23/h6-9,18H,4-5,10-15H2,1-3H3,(H2,24,25,26). The van der Waals surface area contributed by atoms with Gasteiger partial charge in [-0.2, -0.15) is 13.2 Å². The number of hydrogen-bond donors (Lipinski definition) is 2. The second-order valence-electron chi connectivity index (χ2n) is 7.14. The molecule has 8 heteroatoms. The van der Waals surface area contributed by atoms with E-state index in [1.807, 2.05) is 12.1 Å². The molecule has 1 atom stereocenters. The van der Waals surface area contributed by atoms with E-state index in [1.54, 1.807) is 7.05 Å². The van der Waals surface area contributed by atoms with Crippen LogP contribution in [-0.2, 0) is 13.1 Å². The zero-order valence-electron chi connectivity index (χ0n) is 17.0. The Labute approximate surface area is 166 Å². The second-order valence-corrected chi connectivity index (χ2v) is 7.14.